The molecule has 7 heteroatoms. The zero-order chi connectivity index (χ0) is 13.3. The molecular formula is C11H10ClIN4O. The summed E-state index contributed by atoms with van der Waals surface area (Å²) in [7, 11) is 1.77. The summed E-state index contributed by atoms with van der Waals surface area (Å²) in [6.07, 6.45) is 1.51. The number of amides is 1. The highest BCUT2D eigenvalue weighted by Crippen LogP contribution is 2.20. The molecule has 0 saturated carbocycles. The number of anilines is 1. The van der Waals surface area contributed by atoms with Crippen LogP contribution >= 0.6 is 34.2 Å². The van der Waals surface area contributed by atoms with Crippen molar-refractivity contribution in [3.63, 3.8) is 0 Å². The number of aromatic nitrogens is 3. The van der Waals surface area contributed by atoms with Crippen LogP contribution in [-0.2, 0) is 7.05 Å². The van der Waals surface area contributed by atoms with Gasteiger partial charge in [-0.25, -0.2) is 4.98 Å². The highest BCUT2D eigenvalue weighted by molar-refractivity contribution is 14.1. The number of aryl methyl sites for hydroxylation is 2. The smallest absolute Gasteiger partial charge is 0.258 e. The molecule has 1 amide bonds. The van der Waals surface area contributed by atoms with Crippen LogP contribution in [0.3, 0.4) is 0 Å². The van der Waals surface area contributed by atoms with Gasteiger partial charge in [0.05, 0.1) is 14.8 Å². The van der Waals surface area contributed by atoms with Crippen LogP contribution in [0, 0.1) is 10.5 Å². The van der Waals surface area contributed by atoms with Crippen molar-refractivity contribution in [2.24, 2.45) is 7.05 Å². The van der Waals surface area contributed by atoms with Gasteiger partial charge in [0.1, 0.15) is 11.0 Å². The van der Waals surface area contributed by atoms with Gasteiger partial charge < -0.3 is 5.32 Å². The van der Waals surface area contributed by atoms with E-state index in [0.29, 0.717) is 20.1 Å². The van der Waals surface area contributed by atoms with Gasteiger partial charge in [-0.3, -0.25) is 9.48 Å². The third-order valence-electron chi connectivity index (χ3n) is 2.33. The van der Waals surface area contributed by atoms with Gasteiger partial charge in [-0.2, -0.15) is 5.10 Å². The van der Waals surface area contributed by atoms with Gasteiger partial charge in [-0.15, -0.1) is 0 Å². The lowest BCUT2D eigenvalue weighted by molar-refractivity contribution is 0.102. The van der Waals surface area contributed by atoms with Gasteiger partial charge in [-0.05, 0) is 35.6 Å². The minimum Gasteiger partial charge on any atom is -0.307 e. The summed E-state index contributed by atoms with van der Waals surface area (Å²) in [5, 5.41) is 7.27. The lowest BCUT2D eigenvalue weighted by atomic mass is 10.2. The Morgan fingerprint density at radius 2 is 2.28 bits per heavy atom. The lowest BCUT2D eigenvalue weighted by Gasteiger charge is -2.07. The van der Waals surface area contributed by atoms with Crippen LogP contribution in [0.5, 0.6) is 0 Å². The van der Waals surface area contributed by atoms with E-state index in [1.165, 1.54) is 6.20 Å². The number of halogens is 2. The Hall–Kier alpha value is -1.15. The van der Waals surface area contributed by atoms with Crippen molar-refractivity contribution in [2.45, 2.75) is 6.92 Å². The van der Waals surface area contributed by atoms with Crippen molar-refractivity contribution >= 4 is 45.9 Å². The average Bonchev–Trinajstić information content (AvgIpc) is 2.61. The fraction of sp³-hybridized carbons (Fsp3) is 0.182. The van der Waals surface area contributed by atoms with Crippen LogP contribution in [-0.4, -0.2) is 20.7 Å². The first-order valence-electron chi connectivity index (χ1n) is 5.11. The van der Waals surface area contributed by atoms with Gasteiger partial charge in [0, 0.05) is 19.3 Å². The molecule has 0 aliphatic rings. The molecule has 0 bridgehead atoms. The molecule has 0 aliphatic heterocycles. The van der Waals surface area contributed by atoms with E-state index in [1.54, 1.807) is 23.9 Å². The number of pyridine rings is 1. The maximum Gasteiger partial charge on any atom is 0.258 e. The average molecular weight is 377 g/mol. The molecule has 0 saturated heterocycles. The molecule has 5 nitrogen and oxygen atoms in total. The largest absolute Gasteiger partial charge is 0.307 e. The van der Waals surface area contributed by atoms with E-state index in [1.807, 2.05) is 29.5 Å². The van der Waals surface area contributed by atoms with Crippen molar-refractivity contribution in [1.82, 2.24) is 14.8 Å². The third kappa shape index (κ3) is 2.64. The van der Waals surface area contributed by atoms with Crippen LogP contribution in [0.4, 0.5) is 5.82 Å². The Morgan fingerprint density at radius 1 is 1.56 bits per heavy atom. The van der Waals surface area contributed by atoms with E-state index in [2.05, 4.69) is 15.4 Å². The predicted molar refractivity (Wildman–Crippen MR) is 77.9 cm³/mol. The standard InChI is InChI=1S/C11H10ClIN4O/c1-6-5-8(17(2)16-6)15-11(18)7-3-4-14-10(12)9(7)13/h3-5H,1-2H3,(H,15,18). The fourth-order valence-electron chi connectivity index (χ4n) is 1.50. The van der Waals surface area contributed by atoms with Gasteiger partial charge in [-0.1, -0.05) is 11.6 Å². The van der Waals surface area contributed by atoms with Crippen molar-refractivity contribution in [1.29, 1.82) is 0 Å². The zero-order valence-corrected chi connectivity index (χ0v) is 12.7. The van der Waals surface area contributed by atoms with Crippen molar-refractivity contribution in [2.75, 3.05) is 5.32 Å². The molecular weight excluding hydrogens is 367 g/mol. The molecule has 2 heterocycles. The summed E-state index contributed by atoms with van der Waals surface area (Å²) >= 11 is 7.88. The van der Waals surface area contributed by atoms with Crippen LogP contribution in [0.2, 0.25) is 5.15 Å². The molecule has 2 rings (SSSR count). The second kappa shape index (κ2) is 5.23. The summed E-state index contributed by atoms with van der Waals surface area (Å²) in [5.41, 5.74) is 1.34. The van der Waals surface area contributed by atoms with Crippen LogP contribution in [0.15, 0.2) is 18.3 Å². The number of hydrogen-bond donors (Lipinski definition) is 1. The first-order chi connectivity index (χ1) is 8.49. The highest BCUT2D eigenvalue weighted by Gasteiger charge is 2.14. The molecule has 0 fully saturated rings. The summed E-state index contributed by atoms with van der Waals surface area (Å²) in [5.74, 6) is 0.410. The summed E-state index contributed by atoms with van der Waals surface area (Å²) in [6, 6.07) is 3.43. The predicted octanol–water partition coefficient (Wildman–Crippen LogP) is 2.63. The molecule has 94 valence electrons. The first-order valence-corrected chi connectivity index (χ1v) is 6.56. The Morgan fingerprint density at radius 3 is 2.89 bits per heavy atom. The molecule has 0 aromatic carbocycles. The van der Waals surface area contributed by atoms with Crippen molar-refractivity contribution < 1.29 is 4.79 Å². The van der Waals surface area contributed by atoms with Gasteiger partial charge in [0.25, 0.3) is 5.91 Å². The molecule has 0 spiro atoms. The van der Waals surface area contributed by atoms with E-state index in [-0.39, 0.29) is 5.91 Å². The van der Waals surface area contributed by atoms with Crippen molar-refractivity contribution in [3.8, 4) is 0 Å². The molecule has 2 aromatic heterocycles. The lowest BCUT2D eigenvalue weighted by Crippen LogP contribution is -2.16. The number of hydrogen-bond acceptors (Lipinski definition) is 3. The highest BCUT2D eigenvalue weighted by atomic mass is 127. The van der Waals surface area contributed by atoms with Gasteiger partial charge in [0.2, 0.25) is 0 Å². The topological polar surface area (TPSA) is 59.8 Å². The molecule has 18 heavy (non-hydrogen) atoms. The van der Waals surface area contributed by atoms with Crippen LogP contribution in [0.1, 0.15) is 16.1 Å². The Bertz CT molecular complexity index is 611. The monoisotopic (exact) mass is 376 g/mol. The quantitative estimate of drug-likeness (QED) is 0.647. The Balaban J connectivity index is 2.27. The minimum atomic E-state index is -0.230. The van der Waals surface area contributed by atoms with E-state index >= 15 is 0 Å². The molecule has 0 atom stereocenters. The zero-order valence-electron chi connectivity index (χ0n) is 9.74. The minimum absolute atomic E-state index is 0.230. The van der Waals surface area contributed by atoms with E-state index < -0.39 is 0 Å². The van der Waals surface area contributed by atoms with Gasteiger partial charge >= 0.3 is 0 Å². The van der Waals surface area contributed by atoms with Gasteiger partial charge in [0.15, 0.2) is 0 Å². The SMILES string of the molecule is Cc1cc(NC(=O)c2ccnc(Cl)c2I)n(C)n1. The molecule has 0 aliphatic carbocycles. The molecule has 2 aromatic rings. The summed E-state index contributed by atoms with van der Waals surface area (Å²) in [4.78, 5) is 16.0. The number of carbonyl (C=O) groups is 1. The molecule has 0 radical (unpaired) electrons. The second-order valence-electron chi connectivity index (χ2n) is 3.71. The fourth-order valence-corrected chi connectivity index (χ4v) is 2.23. The maximum atomic E-state index is 12.1. The Kier molecular flexibility index (Phi) is 3.86. The van der Waals surface area contributed by atoms with E-state index in [9.17, 15) is 4.79 Å². The van der Waals surface area contributed by atoms with E-state index in [0.717, 1.165) is 5.69 Å². The number of rotatable bonds is 2. The molecule has 1 N–H and O–H groups in total. The van der Waals surface area contributed by atoms with E-state index in [4.69, 9.17) is 11.6 Å². The van der Waals surface area contributed by atoms with Crippen LogP contribution in [0.25, 0.3) is 0 Å². The Labute approximate surface area is 123 Å². The van der Waals surface area contributed by atoms with Crippen molar-refractivity contribution in [3.05, 3.63) is 38.3 Å². The first kappa shape index (κ1) is 13.3. The number of carbonyl (C=O) groups excluding carboxylic acids is 1. The number of nitrogens with zero attached hydrogens (tertiary/aromatic N) is 3. The van der Waals surface area contributed by atoms with Crippen LogP contribution < -0.4 is 5.32 Å². The maximum absolute atomic E-state index is 12.1. The summed E-state index contributed by atoms with van der Waals surface area (Å²) in [6.45, 7) is 1.86. The number of nitrogens with one attached hydrogen (secondary N) is 1. The normalized spacial score (nSPS) is 10.4. The second-order valence-corrected chi connectivity index (χ2v) is 5.15. The summed E-state index contributed by atoms with van der Waals surface area (Å²) < 4.78 is 2.25. The molecule has 0 unspecified atom stereocenters. The third-order valence-corrected chi connectivity index (χ3v) is 4.03.